The zero-order chi connectivity index (χ0) is 11.5. The fourth-order valence-electron chi connectivity index (χ4n) is 1.26. The molecule has 1 aromatic heterocycles. The van der Waals surface area contributed by atoms with Crippen LogP contribution in [0.2, 0.25) is 5.02 Å². The van der Waals surface area contributed by atoms with Crippen LogP contribution in [-0.4, -0.2) is 17.2 Å². The molecule has 0 amide bonds. The summed E-state index contributed by atoms with van der Waals surface area (Å²) in [5.74, 6) is 0.417. The Morgan fingerprint density at radius 1 is 1.50 bits per heavy atom. The van der Waals surface area contributed by atoms with E-state index in [0.29, 0.717) is 23.8 Å². The second-order valence-corrected chi connectivity index (χ2v) is 3.57. The summed E-state index contributed by atoms with van der Waals surface area (Å²) in [7, 11) is 1.77. The van der Waals surface area contributed by atoms with Gasteiger partial charge in [-0.1, -0.05) is 16.8 Å². The molecule has 84 valence electrons. The third-order valence-electron chi connectivity index (χ3n) is 1.97. The molecule has 0 saturated carbocycles. The van der Waals surface area contributed by atoms with E-state index in [2.05, 4.69) is 15.5 Å². The van der Waals surface area contributed by atoms with Gasteiger partial charge in [-0.15, -0.1) is 0 Å². The van der Waals surface area contributed by atoms with Crippen molar-refractivity contribution in [3.63, 3.8) is 0 Å². The van der Waals surface area contributed by atoms with Gasteiger partial charge in [0.25, 0.3) is 0 Å². The second kappa shape index (κ2) is 4.59. The van der Waals surface area contributed by atoms with Gasteiger partial charge >= 0.3 is 0 Å². The summed E-state index contributed by atoms with van der Waals surface area (Å²) in [5.41, 5.74) is 0.550. The van der Waals surface area contributed by atoms with Crippen LogP contribution in [0, 0.1) is 5.82 Å². The van der Waals surface area contributed by atoms with Crippen molar-refractivity contribution in [3.8, 4) is 11.4 Å². The standard InChI is InChI=1S/C10H9ClFN3O/c1-13-5-9-14-10(15-16-9)7-3-2-6(12)4-8(7)11/h2-4,13H,5H2,1H3. The Morgan fingerprint density at radius 2 is 2.31 bits per heavy atom. The number of nitrogens with one attached hydrogen (secondary N) is 1. The molecule has 1 heterocycles. The number of hydrogen-bond donors (Lipinski definition) is 1. The maximum absolute atomic E-state index is 12.8. The lowest BCUT2D eigenvalue weighted by molar-refractivity contribution is 0.372. The van der Waals surface area contributed by atoms with Crippen LogP contribution in [0.5, 0.6) is 0 Å². The molecule has 0 radical (unpaired) electrons. The van der Waals surface area contributed by atoms with Crippen molar-refractivity contribution in [2.24, 2.45) is 0 Å². The number of benzene rings is 1. The van der Waals surface area contributed by atoms with E-state index in [0.717, 1.165) is 0 Å². The average molecular weight is 242 g/mol. The summed E-state index contributed by atoms with van der Waals surface area (Å²) < 4.78 is 17.8. The summed E-state index contributed by atoms with van der Waals surface area (Å²) in [6.07, 6.45) is 0. The predicted molar refractivity (Wildman–Crippen MR) is 57.5 cm³/mol. The second-order valence-electron chi connectivity index (χ2n) is 3.17. The molecule has 6 heteroatoms. The lowest BCUT2D eigenvalue weighted by Crippen LogP contribution is -2.04. The molecule has 0 saturated heterocycles. The van der Waals surface area contributed by atoms with Crippen molar-refractivity contribution >= 4 is 11.6 Å². The first-order valence-electron chi connectivity index (χ1n) is 4.63. The Labute approximate surface area is 96.4 Å². The SMILES string of the molecule is CNCc1nc(-c2ccc(F)cc2Cl)no1. The van der Waals surface area contributed by atoms with Crippen molar-refractivity contribution in [1.29, 1.82) is 0 Å². The van der Waals surface area contributed by atoms with E-state index in [1.807, 2.05) is 0 Å². The molecular formula is C10H9ClFN3O. The first-order chi connectivity index (χ1) is 7.70. The van der Waals surface area contributed by atoms with Gasteiger partial charge in [-0.05, 0) is 25.2 Å². The number of aromatic nitrogens is 2. The van der Waals surface area contributed by atoms with Crippen LogP contribution in [0.1, 0.15) is 5.89 Å². The van der Waals surface area contributed by atoms with Crippen LogP contribution in [0.3, 0.4) is 0 Å². The summed E-state index contributed by atoms with van der Waals surface area (Å²) in [6, 6.07) is 4.03. The Hall–Kier alpha value is -1.46. The Morgan fingerprint density at radius 3 is 3.00 bits per heavy atom. The van der Waals surface area contributed by atoms with Crippen LogP contribution < -0.4 is 5.32 Å². The maximum atomic E-state index is 12.8. The minimum atomic E-state index is -0.396. The van der Waals surface area contributed by atoms with Crippen LogP contribution in [-0.2, 0) is 6.54 Å². The minimum Gasteiger partial charge on any atom is -0.338 e. The number of rotatable bonds is 3. The highest BCUT2D eigenvalue weighted by molar-refractivity contribution is 6.33. The molecule has 16 heavy (non-hydrogen) atoms. The largest absolute Gasteiger partial charge is 0.338 e. The minimum absolute atomic E-state index is 0.261. The van der Waals surface area contributed by atoms with Crippen LogP contribution in [0.15, 0.2) is 22.7 Å². The highest BCUT2D eigenvalue weighted by Crippen LogP contribution is 2.26. The fraction of sp³-hybridized carbons (Fsp3) is 0.200. The lowest BCUT2D eigenvalue weighted by atomic mass is 10.2. The summed E-state index contributed by atoms with van der Waals surface area (Å²) >= 11 is 5.87. The normalized spacial score (nSPS) is 10.7. The van der Waals surface area contributed by atoms with Crippen LogP contribution in [0.4, 0.5) is 4.39 Å². The van der Waals surface area contributed by atoms with Gasteiger partial charge in [-0.3, -0.25) is 0 Å². The topological polar surface area (TPSA) is 51.0 Å². The molecule has 0 atom stereocenters. The van der Waals surface area contributed by atoms with E-state index in [1.54, 1.807) is 7.05 Å². The first-order valence-corrected chi connectivity index (χ1v) is 5.01. The van der Waals surface area contributed by atoms with E-state index in [-0.39, 0.29) is 5.02 Å². The quantitative estimate of drug-likeness (QED) is 0.896. The van der Waals surface area contributed by atoms with Gasteiger partial charge in [-0.2, -0.15) is 4.98 Å². The van der Waals surface area contributed by atoms with Crippen LogP contribution in [0.25, 0.3) is 11.4 Å². The molecule has 0 spiro atoms. The van der Waals surface area contributed by atoms with Crippen LogP contribution >= 0.6 is 11.6 Å². The van der Waals surface area contributed by atoms with Gasteiger partial charge in [0.15, 0.2) is 0 Å². The number of halogens is 2. The lowest BCUT2D eigenvalue weighted by Gasteiger charge is -1.97. The van der Waals surface area contributed by atoms with Crippen molar-refractivity contribution in [3.05, 3.63) is 34.9 Å². The molecule has 0 bridgehead atoms. The fourth-order valence-corrected chi connectivity index (χ4v) is 1.51. The monoisotopic (exact) mass is 241 g/mol. The smallest absolute Gasteiger partial charge is 0.240 e. The molecular weight excluding hydrogens is 233 g/mol. The van der Waals surface area contributed by atoms with E-state index < -0.39 is 5.82 Å². The molecule has 0 unspecified atom stereocenters. The highest BCUT2D eigenvalue weighted by atomic mass is 35.5. The summed E-state index contributed by atoms with van der Waals surface area (Å²) in [4.78, 5) is 4.11. The zero-order valence-corrected chi connectivity index (χ0v) is 9.25. The third kappa shape index (κ3) is 2.20. The van der Waals surface area contributed by atoms with Gasteiger partial charge < -0.3 is 9.84 Å². The van der Waals surface area contributed by atoms with Gasteiger partial charge in [0.2, 0.25) is 11.7 Å². The Balaban J connectivity index is 2.35. The molecule has 0 aliphatic heterocycles. The molecule has 2 aromatic rings. The number of nitrogens with zero attached hydrogens (tertiary/aromatic N) is 2. The van der Waals surface area contributed by atoms with E-state index in [1.165, 1.54) is 18.2 Å². The molecule has 0 fully saturated rings. The molecule has 1 aromatic carbocycles. The van der Waals surface area contributed by atoms with E-state index >= 15 is 0 Å². The molecule has 1 N–H and O–H groups in total. The van der Waals surface area contributed by atoms with Crippen molar-refractivity contribution in [1.82, 2.24) is 15.5 Å². The molecule has 2 rings (SSSR count). The van der Waals surface area contributed by atoms with Crippen molar-refractivity contribution < 1.29 is 8.91 Å². The van der Waals surface area contributed by atoms with Gasteiger partial charge in [-0.25, -0.2) is 4.39 Å². The third-order valence-corrected chi connectivity index (χ3v) is 2.28. The summed E-state index contributed by atoms with van der Waals surface area (Å²) in [6.45, 7) is 0.478. The Kier molecular flexibility index (Phi) is 3.17. The number of hydrogen-bond acceptors (Lipinski definition) is 4. The molecule has 4 nitrogen and oxygen atoms in total. The zero-order valence-electron chi connectivity index (χ0n) is 8.50. The van der Waals surface area contributed by atoms with Crippen molar-refractivity contribution in [2.75, 3.05) is 7.05 Å². The Bertz CT molecular complexity index is 501. The first kappa shape index (κ1) is 11.0. The average Bonchev–Trinajstić information content (AvgIpc) is 2.67. The highest BCUT2D eigenvalue weighted by Gasteiger charge is 2.11. The van der Waals surface area contributed by atoms with Crippen molar-refractivity contribution in [2.45, 2.75) is 6.54 Å². The maximum Gasteiger partial charge on any atom is 0.240 e. The van der Waals surface area contributed by atoms with Gasteiger partial charge in [0.1, 0.15) is 5.82 Å². The summed E-state index contributed by atoms with van der Waals surface area (Å²) in [5, 5.41) is 6.91. The van der Waals surface area contributed by atoms with Gasteiger partial charge in [0.05, 0.1) is 11.6 Å². The molecule has 0 aliphatic rings. The van der Waals surface area contributed by atoms with Gasteiger partial charge in [0, 0.05) is 5.56 Å². The predicted octanol–water partition coefficient (Wildman–Crippen LogP) is 2.25. The van der Waals surface area contributed by atoms with E-state index in [9.17, 15) is 4.39 Å². The van der Waals surface area contributed by atoms with E-state index in [4.69, 9.17) is 16.1 Å². The molecule has 0 aliphatic carbocycles.